The standard InChI is InChI=1S/C17H16N4O6.CH4/c1-9(22)13(16(25)21-27)19-14(23)11-5-2-10(3-6-11)4-7-12-8-18-17(26)20-15(12)24;/h2-3,5-6,8-9,13,22,27H,1H3,(H,19,23)(H,21,25)(H2,18,20,24,26);1H4/t9-,13+;/m1./s1. The molecule has 1 aromatic heterocycles. The van der Waals surface area contributed by atoms with Crippen LogP contribution in [0.4, 0.5) is 0 Å². The van der Waals surface area contributed by atoms with Crippen molar-refractivity contribution in [2.24, 2.45) is 0 Å². The van der Waals surface area contributed by atoms with Gasteiger partial charge in [-0.05, 0) is 31.2 Å². The SMILES string of the molecule is C.C[C@@H](O)[C@H](NC(=O)c1ccc(C#Cc2c[nH]c(=O)[nH]c2=O)cc1)C(=O)NO. The Hall–Kier alpha value is -3.68. The predicted molar refractivity (Wildman–Crippen MR) is 99.7 cm³/mol. The minimum absolute atomic E-state index is 0. The van der Waals surface area contributed by atoms with Crippen LogP contribution >= 0.6 is 0 Å². The minimum Gasteiger partial charge on any atom is -0.391 e. The number of aromatic amines is 2. The molecule has 1 heterocycles. The maximum Gasteiger partial charge on any atom is 0.325 e. The molecule has 10 heteroatoms. The Morgan fingerprint density at radius 1 is 1.14 bits per heavy atom. The summed E-state index contributed by atoms with van der Waals surface area (Å²) in [5.41, 5.74) is 0.886. The highest BCUT2D eigenvalue weighted by Gasteiger charge is 2.25. The molecule has 28 heavy (non-hydrogen) atoms. The van der Waals surface area contributed by atoms with Crippen molar-refractivity contribution in [3.05, 3.63) is 68.0 Å². The fraction of sp³-hybridized carbons (Fsp3) is 0.222. The zero-order valence-corrected chi connectivity index (χ0v) is 14.1. The van der Waals surface area contributed by atoms with Gasteiger partial charge in [-0.3, -0.25) is 24.6 Å². The van der Waals surface area contributed by atoms with Gasteiger partial charge in [0.1, 0.15) is 11.6 Å². The van der Waals surface area contributed by atoms with Crippen molar-refractivity contribution in [3.8, 4) is 11.8 Å². The number of aromatic nitrogens is 2. The lowest BCUT2D eigenvalue weighted by Crippen LogP contribution is -2.51. The lowest BCUT2D eigenvalue weighted by molar-refractivity contribution is -0.133. The molecule has 0 radical (unpaired) electrons. The van der Waals surface area contributed by atoms with Crippen LogP contribution in [-0.2, 0) is 4.79 Å². The summed E-state index contributed by atoms with van der Waals surface area (Å²) < 4.78 is 0. The largest absolute Gasteiger partial charge is 0.391 e. The van der Waals surface area contributed by atoms with Gasteiger partial charge in [0, 0.05) is 17.3 Å². The molecule has 2 aromatic rings. The molecule has 0 aliphatic carbocycles. The van der Waals surface area contributed by atoms with Crippen LogP contribution in [-0.4, -0.2) is 44.2 Å². The van der Waals surface area contributed by atoms with E-state index >= 15 is 0 Å². The summed E-state index contributed by atoms with van der Waals surface area (Å²) in [7, 11) is 0. The predicted octanol–water partition coefficient (Wildman–Crippen LogP) is -0.916. The third kappa shape index (κ3) is 5.66. The van der Waals surface area contributed by atoms with E-state index in [1.807, 2.05) is 4.98 Å². The van der Waals surface area contributed by atoms with E-state index in [4.69, 9.17) is 5.21 Å². The third-order valence-corrected chi connectivity index (χ3v) is 3.47. The number of hydroxylamine groups is 1. The number of benzene rings is 1. The number of amides is 2. The molecule has 10 nitrogen and oxygen atoms in total. The number of carbonyl (C=O) groups excluding carboxylic acids is 2. The summed E-state index contributed by atoms with van der Waals surface area (Å²) in [4.78, 5) is 50.4. The van der Waals surface area contributed by atoms with E-state index in [0.717, 1.165) is 0 Å². The maximum atomic E-state index is 12.1. The molecule has 0 unspecified atom stereocenters. The van der Waals surface area contributed by atoms with Gasteiger partial charge in [0.2, 0.25) is 0 Å². The fourth-order valence-electron chi connectivity index (χ4n) is 2.05. The first-order valence-corrected chi connectivity index (χ1v) is 7.69. The fourth-order valence-corrected chi connectivity index (χ4v) is 2.05. The Morgan fingerprint density at radius 3 is 2.32 bits per heavy atom. The number of nitrogens with one attached hydrogen (secondary N) is 4. The zero-order chi connectivity index (χ0) is 20.0. The van der Waals surface area contributed by atoms with Gasteiger partial charge in [0.25, 0.3) is 17.4 Å². The second kappa shape index (κ2) is 9.86. The summed E-state index contributed by atoms with van der Waals surface area (Å²) in [6.07, 6.45) is -0.0279. The van der Waals surface area contributed by atoms with E-state index in [1.165, 1.54) is 42.9 Å². The molecule has 0 fully saturated rings. The lowest BCUT2D eigenvalue weighted by Gasteiger charge is -2.19. The molecular formula is C18H20N4O6. The molecule has 0 saturated carbocycles. The minimum atomic E-state index is -1.33. The van der Waals surface area contributed by atoms with Crippen molar-refractivity contribution in [2.75, 3.05) is 0 Å². The zero-order valence-electron chi connectivity index (χ0n) is 14.1. The van der Waals surface area contributed by atoms with E-state index in [1.54, 1.807) is 0 Å². The summed E-state index contributed by atoms with van der Waals surface area (Å²) in [6, 6.07) is 4.59. The van der Waals surface area contributed by atoms with E-state index in [0.29, 0.717) is 5.56 Å². The number of hydrogen-bond acceptors (Lipinski definition) is 6. The van der Waals surface area contributed by atoms with Crippen molar-refractivity contribution < 1.29 is 19.9 Å². The summed E-state index contributed by atoms with van der Waals surface area (Å²) in [6.45, 7) is 1.29. The van der Waals surface area contributed by atoms with E-state index < -0.39 is 35.2 Å². The Balaban J connectivity index is 0.00000392. The summed E-state index contributed by atoms with van der Waals surface area (Å²) >= 11 is 0. The normalized spacial score (nSPS) is 11.8. The number of carbonyl (C=O) groups is 2. The van der Waals surface area contributed by atoms with Gasteiger partial charge in [0.05, 0.1) is 6.10 Å². The first kappa shape index (κ1) is 22.4. The average molecular weight is 388 g/mol. The quantitative estimate of drug-likeness (QED) is 0.225. The molecule has 6 N–H and O–H groups in total. The van der Waals surface area contributed by atoms with Gasteiger partial charge in [0.15, 0.2) is 0 Å². The van der Waals surface area contributed by atoms with Crippen molar-refractivity contribution >= 4 is 11.8 Å². The Bertz CT molecular complexity index is 1010. The molecule has 2 rings (SSSR count). The highest BCUT2D eigenvalue weighted by atomic mass is 16.5. The highest BCUT2D eigenvalue weighted by Crippen LogP contribution is 2.05. The average Bonchev–Trinajstić information content (AvgIpc) is 2.64. The van der Waals surface area contributed by atoms with Crippen LogP contribution in [0, 0.1) is 11.8 Å². The van der Waals surface area contributed by atoms with Crippen LogP contribution in [0.3, 0.4) is 0 Å². The van der Waals surface area contributed by atoms with Crippen molar-refractivity contribution in [3.63, 3.8) is 0 Å². The first-order chi connectivity index (χ1) is 12.8. The monoisotopic (exact) mass is 388 g/mol. The van der Waals surface area contributed by atoms with E-state index in [-0.39, 0.29) is 18.6 Å². The third-order valence-electron chi connectivity index (χ3n) is 3.47. The molecular weight excluding hydrogens is 368 g/mol. The second-order valence-electron chi connectivity index (χ2n) is 5.48. The number of aliphatic hydroxyl groups is 1. The molecule has 2 amide bonds. The Kier molecular flexibility index (Phi) is 7.88. The van der Waals surface area contributed by atoms with Crippen LogP contribution in [0.2, 0.25) is 0 Å². The first-order valence-electron chi connectivity index (χ1n) is 7.69. The van der Waals surface area contributed by atoms with E-state index in [2.05, 4.69) is 22.1 Å². The maximum absolute atomic E-state index is 12.1. The van der Waals surface area contributed by atoms with E-state index in [9.17, 15) is 24.3 Å². The number of aliphatic hydroxyl groups excluding tert-OH is 1. The lowest BCUT2D eigenvalue weighted by atomic mass is 10.1. The van der Waals surface area contributed by atoms with Crippen LogP contribution in [0.5, 0.6) is 0 Å². The second-order valence-corrected chi connectivity index (χ2v) is 5.48. The van der Waals surface area contributed by atoms with Crippen molar-refractivity contribution in [2.45, 2.75) is 26.5 Å². The van der Waals surface area contributed by atoms with Gasteiger partial charge >= 0.3 is 5.69 Å². The van der Waals surface area contributed by atoms with Gasteiger partial charge < -0.3 is 15.4 Å². The highest BCUT2D eigenvalue weighted by molar-refractivity contribution is 5.97. The number of rotatable bonds is 4. The Labute approximate surface area is 159 Å². The van der Waals surface area contributed by atoms with Gasteiger partial charge in [-0.25, -0.2) is 10.3 Å². The molecule has 2 atom stereocenters. The topological polar surface area (TPSA) is 164 Å². The smallest absolute Gasteiger partial charge is 0.325 e. The van der Waals surface area contributed by atoms with Crippen molar-refractivity contribution in [1.29, 1.82) is 0 Å². The molecule has 0 saturated heterocycles. The van der Waals surface area contributed by atoms with Gasteiger partial charge in [-0.1, -0.05) is 19.3 Å². The number of hydrogen-bond donors (Lipinski definition) is 6. The van der Waals surface area contributed by atoms with Crippen LogP contribution in [0.15, 0.2) is 40.1 Å². The molecule has 0 aliphatic heterocycles. The van der Waals surface area contributed by atoms with Gasteiger partial charge in [-0.2, -0.15) is 0 Å². The molecule has 0 bridgehead atoms. The van der Waals surface area contributed by atoms with Crippen LogP contribution < -0.4 is 22.0 Å². The molecule has 1 aromatic carbocycles. The summed E-state index contributed by atoms with van der Waals surface area (Å²) in [5.74, 6) is 3.72. The molecule has 148 valence electrons. The molecule has 0 aliphatic rings. The van der Waals surface area contributed by atoms with Crippen molar-refractivity contribution in [1.82, 2.24) is 20.8 Å². The number of H-pyrrole nitrogens is 2. The summed E-state index contributed by atoms with van der Waals surface area (Å²) in [5, 5.41) is 20.5. The van der Waals surface area contributed by atoms with Crippen LogP contribution in [0.25, 0.3) is 0 Å². The Morgan fingerprint density at radius 2 is 1.79 bits per heavy atom. The molecule has 0 spiro atoms. The van der Waals surface area contributed by atoms with Crippen LogP contribution in [0.1, 0.15) is 35.8 Å². The van der Waals surface area contributed by atoms with Gasteiger partial charge in [-0.15, -0.1) is 0 Å².